The maximum Gasteiger partial charge on any atom is 0.317 e. The van der Waals surface area contributed by atoms with Crippen molar-refractivity contribution in [3.05, 3.63) is 18.0 Å². The Bertz CT molecular complexity index is 390. The fraction of sp³-hybridized carbons (Fsp3) is 0.444. The molecule has 86 valence electrons. The molecular formula is C9H12N4O3. The van der Waals surface area contributed by atoms with Crippen molar-refractivity contribution in [1.29, 1.82) is 0 Å². The highest BCUT2D eigenvalue weighted by Gasteiger charge is 2.18. The lowest BCUT2D eigenvalue weighted by atomic mass is 10.3. The lowest BCUT2D eigenvalue weighted by Gasteiger charge is -2.09. The summed E-state index contributed by atoms with van der Waals surface area (Å²) >= 11 is 0. The number of oxime groups is 1. The van der Waals surface area contributed by atoms with E-state index in [1.807, 2.05) is 0 Å². The van der Waals surface area contributed by atoms with Crippen LogP contribution in [0.3, 0.4) is 0 Å². The van der Waals surface area contributed by atoms with E-state index in [1.165, 1.54) is 12.3 Å². The molecule has 16 heavy (non-hydrogen) atoms. The molecule has 1 aliphatic rings. The van der Waals surface area contributed by atoms with E-state index in [1.54, 1.807) is 0 Å². The summed E-state index contributed by atoms with van der Waals surface area (Å²) in [7, 11) is 0. The average molecular weight is 224 g/mol. The van der Waals surface area contributed by atoms with Crippen molar-refractivity contribution >= 4 is 5.84 Å². The molecule has 1 saturated heterocycles. The maximum absolute atomic E-state index is 8.51. The average Bonchev–Trinajstić information content (AvgIpc) is 2.81. The predicted octanol–water partition coefficient (Wildman–Crippen LogP) is -0.261. The van der Waals surface area contributed by atoms with Crippen molar-refractivity contribution in [1.82, 2.24) is 9.97 Å². The van der Waals surface area contributed by atoms with Crippen LogP contribution in [-0.2, 0) is 4.74 Å². The molecular weight excluding hydrogens is 212 g/mol. The van der Waals surface area contributed by atoms with E-state index in [4.69, 9.17) is 20.4 Å². The first-order valence-electron chi connectivity index (χ1n) is 4.85. The predicted molar refractivity (Wildman–Crippen MR) is 54.4 cm³/mol. The molecule has 0 saturated carbocycles. The second-order valence-electron chi connectivity index (χ2n) is 3.31. The van der Waals surface area contributed by atoms with Crippen LogP contribution >= 0.6 is 0 Å². The maximum atomic E-state index is 8.51. The summed E-state index contributed by atoms with van der Waals surface area (Å²) in [6, 6.07) is 1.74. The van der Waals surface area contributed by atoms with Crippen LogP contribution in [0.2, 0.25) is 0 Å². The Kier molecular flexibility index (Phi) is 3.16. The third-order valence-corrected chi connectivity index (χ3v) is 2.16. The van der Waals surface area contributed by atoms with Crippen LogP contribution < -0.4 is 10.5 Å². The van der Waals surface area contributed by atoms with Gasteiger partial charge in [0.15, 0.2) is 5.84 Å². The Morgan fingerprint density at radius 1 is 1.69 bits per heavy atom. The van der Waals surface area contributed by atoms with E-state index in [2.05, 4.69) is 15.1 Å². The van der Waals surface area contributed by atoms with Crippen LogP contribution in [0, 0.1) is 0 Å². The minimum atomic E-state index is -0.0741. The van der Waals surface area contributed by atoms with Crippen molar-refractivity contribution in [2.24, 2.45) is 10.9 Å². The number of hydrogen-bond donors (Lipinski definition) is 2. The van der Waals surface area contributed by atoms with E-state index in [0.717, 1.165) is 6.42 Å². The lowest BCUT2D eigenvalue weighted by molar-refractivity contribution is 0.134. The van der Waals surface area contributed by atoms with Gasteiger partial charge in [0.25, 0.3) is 0 Å². The Morgan fingerprint density at radius 3 is 3.25 bits per heavy atom. The standard InChI is InChI=1S/C9H12N4O3/c10-8(13-14)7-1-3-11-9(12-7)16-6-2-4-15-5-6/h1,3,6,14H,2,4-5H2,(H2,10,13). The van der Waals surface area contributed by atoms with Gasteiger partial charge >= 0.3 is 6.01 Å². The molecule has 1 unspecified atom stereocenters. The highest BCUT2D eigenvalue weighted by molar-refractivity contribution is 5.95. The summed E-state index contributed by atoms with van der Waals surface area (Å²) in [5, 5.41) is 11.4. The molecule has 0 aliphatic carbocycles. The molecule has 0 spiro atoms. The highest BCUT2D eigenvalue weighted by atomic mass is 16.6. The molecule has 2 heterocycles. The van der Waals surface area contributed by atoms with Crippen LogP contribution in [0.25, 0.3) is 0 Å². The normalized spacial score (nSPS) is 21.0. The van der Waals surface area contributed by atoms with Crippen LogP contribution in [-0.4, -0.2) is 40.3 Å². The third-order valence-electron chi connectivity index (χ3n) is 2.16. The fourth-order valence-corrected chi connectivity index (χ4v) is 1.35. The number of hydrogen-bond acceptors (Lipinski definition) is 6. The zero-order valence-corrected chi connectivity index (χ0v) is 8.54. The summed E-state index contributed by atoms with van der Waals surface area (Å²) < 4.78 is 10.6. The van der Waals surface area contributed by atoms with Crippen molar-refractivity contribution in [2.75, 3.05) is 13.2 Å². The first-order valence-corrected chi connectivity index (χ1v) is 4.85. The van der Waals surface area contributed by atoms with E-state index in [9.17, 15) is 0 Å². The van der Waals surface area contributed by atoms with Crippen LogP contribution in [0.4, 0.5) is 0 Å². The molecule has 0 bridgehead atoms. The first kappa shape index (κ1) is 10.6. The van der Waals surface area contributed by atoms with E-state index < -0.39 is 0 Å². The van der Waals surface area contributed by atoms with Gasteiger partial charge in [0, 0.05) is 12.6 Å². The van der Waals surface area contributed by atoms with Gasteiger partial charge in [-0.2, -0.15) is 4.98 Å². The van der Waals surface area contributed by atoms with Crippen LogP contribution in [0.5, 0.6) is 6.01 Å². The van der Waals surface area contributed by atoms with E-state index in [0.29, 0.717) is 18.9 Å². The molecule has 7 heteroatoms. The van der Waals surface area contributed by atoms with Gasteiger partial charge in [0.1, 0.15) is 11.8 Å². The van der Waals surface area contributed by atoms with Crippen molar-refractivity contribution in [3.63, 3.8) is 0 Å². The highest BCUT2D eigenvalue weighted by Crippen LogP contribution is 2.12. The molecule has 0 aromatic carbocycles. The molecule has 2 rings (SSSR count). The largest absolute Gasteiger partial charge is 0.458 e. The first-order chi connectivity index (χ1) is 7.79. The minimum absolute atomic E-state index is 0.0254. The molecule has 1 atom stereocenters. The number of ether oxygens (including phenoxy) is 2. The number of nitrogens with zero attached hydrogens (tertiary/aromatic N) is 3. The minimum Gasteiger partial charge on any atom is -0.458 e. The second kappa shape index (κ2) is 4.75. The van der Waals surface area contributed by atoms with Gasteiger partial charge in [-0.15, -0.1) is 0 Å². The lowest BCUT2D eigenvalue weighted by Crippen LogP contribution is -2.20. The monoisotopic (exact) mass is 224 g/mol. The number of rotatable bonds is 3. The fourth-order valence-electron chi connectivity index (χ4n) is 1.35. The van der Waals surface area contributed by atoms with E-state index >= 15 is 0 Å². The molecule has 7 nitrogen and oxygen atoms in total. The Morgan fingerprint density at radius 2 is 2.56 bits per heavy atom. The molecule has 0 radical (unpaired) electrons. The topological polar surface area (TPSA) is 103 Å². The van der Waals surface area contributed by atoms with Crippen molar-refractivity contribution < 1.29 is 14.7 Å². The van der Waals surface area contributed by atoms with Crippen LogP contribution in [0.15, 0.2) is 17.4 Å². The zero-order valence-electron chi connectivity index (χ0n) is 8.54. The SMILES string of the molecule is N/C(=N/O)c1ccnc(OC2CCOC2)n1. The number of nitrogens with two attached hydrogens (primary N) is 1. The molecule has 0 amide bonds. The van der Waals surface area contributed by atoms with Gasteiger partial charge in [-0.3, -0.25) is 0 Å². The van der Waals surface area contributed by atoms with Gasteiger partial charge in [0.2, 0.25) is 0 Å². The van der Waals surface area contributed by atoms with Gasteiger partial charge in [-0.1, -0.05) is 5.16 Å². The summed E-state index contributed by atoms with van der Waals surface area (Å²) in [4.78, 5) is 7.94. The zero-order chi connectivity index (χ0) is 11.4. The second-order valence-corrected chi connectivity index (χ2v) is 3.31. The smallest absolute Gasteiger partial charge is 0.317 e. The van der Waals surface area contributed by atoms with Crippen molar-refractivity contribution in [2.45, 2.75) is 12.5 Å². The third kappa shape index (κ3) is 2.37. The summed E-state index contributed by atoms with van der Waals surface area (Å²) in [5.41, 5.74) is 5.73. The summed E-state index contributed by atoms with van der Waals surface area (Å²) in [6.07, 6.45) is 2.28. The Labute approximate surface area is 91.9 Å². The summed E-state index contributed by atoms with van der Waals surface area (Å²) in [5.74, 6) is -0.0741. The van der Waals surface area contributed by atoms with Gasteiger partial charge < -0.3 is 20.4 Å². The van der Waals surface area contributed by atoms with E-state index in [-0.39, 0.29) is 18.0 Å². The Hall–Kier alpha value is -1.89. The van der Waals surface area contributed by atoms with Gasteiger partial charge in [0.05, 0.1) is 13.2 Å². The quantitative estimate of drug-likeness (QED) is 0.317. The molecule has 3 N–H and O–H groups in total. The molecule has 1 aromatic rings. The van der Waals surface area contributed by atoms with Crippen molar-refractivity contribution in [3.8, 4) is 6.01 Å². The van der Waals surface area contributed by atoms with Gasteiger partial charge in [-0.05, 0) is 6.07 Å². The summed E-state index contributed by atoms with van der Waals surface area (Å²) in [6.45, 7) is 1.22. The van der Waals surface area contributed by atoms with Crippen LogP contribution in [0.1, 0.15) is 12.1 Å². The van der Waals surface area contributed by atoms with Gasteiger partial charge in [-0.25, -0.2) is 4.98 Å². The number of amidine groups is 1. The molecule has 1 aromatic heterocycles. The number of aromatic nitrogens is 2. The Balaban J connectivity index is 2.09. The molecule has 1 aliphatic heterocycles. The molecule has 1 fully saturated rings.